The lowest BCUT2D eigenvalue weighted by Gasteiger charge is -2.06. The molecule has 0 amide bonds. The third-order valence-electron chi connectivity index (χ3n) is 2.36. The summed E-state index contributed by atoms with van der Waals surface area (Å²) in [7, 11) is 0. The molecule has 2 N–H and O–H groups in total. The molecule has 2 rings (SSSR count). The predicted molar refractivity (Wildman–Crippen MR) is 78.6 cm³/mol. The quantitative estimate of drug-likeness (QED) is 0.465. The summed E-state index contributed by atoms with van der Waals surface area (Å²) in [5, 5.41) is 16.2. The van der Waals surface area contributed by atoms with Gasteiger partial charge in [-0.1, -0.05) is 6.92 Å². The van der Waals surface area contributed by atoms with E-state index < -0.39 is 0 Å². The van der Waals surface area contributed by atoms with Gasteiger partial charge in [-0.3, -0.25) is 0 Å². The molecule has 2 heterocycles. The Labute approximate surface area is 115 Å². The van der Waals surface area contributed by atoms with E-state index in [0.717, 1.165) is 40.4 Å². The fraction of sp³-hybridized carbons (Fsp3) is 0.500. The molecule has 0 unspecified atom stereocenters. The van der Waals surface area contributed by atoms with Crippen LogP contribution >= 0.6 is 23.1 Å². The minimum atomic E-state index is 0.228. The summed E-state index contributed by atoms with van der Waals surface area (Å²) in [4.78, 5) is 10.1. The van der Waals surface area contributed by atoms with E-state index >= 15 is 0 Å². The second-order valence-electron chi connectivity index (χ2n) is 3.84. The van der Waals surface area contributed by atoms with Crippen LogP contribution in [0, 0.1) is 0 Å². The van der Waals surface area contributed by atoms with E-state index in [1.54, 1.807) is 23.1 Å². The van der Waals surface area contributed by atoms with Gasteiger partial charge in [-0.2, -0.15) is 0 Å². The van der Waals surface area contributed by atoms with Gasteiger partial charge in [0.25, 0.3) is 0 Å². The van der Waals surface area contributed by atoms with Crippen molar-refractivity contribution in [3.8, 4) is 0 Å². The summed E-state index contributed by atoms with van der Waals surface area (Å²) in [5.41, 5.74) is 0. The first-order valence-electron chi connectivity index (χ1n) is 6.08. The van der Waals surface area contributed by atoms with Crippen molar-refractivity contribution in [1.82, 2.24) is 9.97 Å². The van der Waals surface area contributed by atoms with Crippen LogP contribution in [0.3, 0.4) is 0 Å². The Hall–Kier alpha value is -0.850. The van der Waals surface area contributed by atoms with Crippen LogP contribution < -0.4 is 5.32 Å². The fourth-order valence-corrected chi connectivity index (χ4v) is 3.25. The van der Waals surface area contributed by atoms with Crippen molar-refractivity contribution in [3.63, 3.8) is 0 Å². The number of nitrogens with one attached hydrogen (secondary N) is 1. The Morgan fingerprint density at radius 1 is 1.44 bits per heavy atom. The lowest BCUT2D eigenvalue weighted by Crippen LogP contribution is -2.04. The van der Waals surface area contributed by atoms with Crippen LogP contribution in [0.1, 0.15) is 19.8 Å². The van der Waals surface area contributed by atoms with Crippen LogP contribution in [0.2, 0.25) is 0 Å². The van der Waals surface area contributed by atoms with Gasteiger partial charge in [0.2, 0.25) is 5.95 Å². The summed E-state index contributed by atoms with van der Waals surface area (Å²) >= 11 is 3.32. The zero-order valence-electron chi connectivity index (χ0n) is 10.3. The molecule has 98 valence electrons. The van der Waals surface area contributed by atoms with Gasteiger partial charge in [-0.15, -0.1) is 23.1 Å². The normalized spacial score (nSPS) is 11.0. The summed E-state index contributed by atoms with van der Waals surface area (Å²) in [6.07, 6.45) is 1.84. The average molecular weight is 283 g/mol. The van der Waals surface area contributed by atoms with Gasteiger partial charge in [0, 0.05) is 24.3 Å². The van der Waals surface area contributed by atoms with Crippen LogP contribution in [0.5, 0.6) is 0 Å². The smallest absolute Gasteiger partial charge is 0.225 e. The van der Waals surface area contributed by atoms with Crippen LogP contribution in [0.4, 0.5) is 5.95 Å². The van der Waals surface area contributed by atoms with Crippen LogP contribution in [0.15, 0.2) is 16.5 Å². The number of aliphatic hydroxyl groups is 1. The van der Waals surface area contributed by atoms with Crippen molar-refractivity contribution in [2.24, 2.45) is 0 Å². The fourth-order valence-electron chi connectivity index (χ4n) is 1.49. The van der Waals surface area contributed by atoms with Crippen molar-refractivity contribution in [1.29, 1.82) is 0 Å². The SMILES string of the molecule is CCCNc1nc(SCCCO)c2ccsc2n1. The van der Waals surface area contributed by atoms with E-state index in [2.05, 4.69) is 28.3 Å². The number of nitrogens with zero attached hydrogens (tertiary/aromatic N) is 2. The summed E-state index contributed by atoms with van der Waals surface area (Å²) in [6.45, 7) is 3.23. The molecule has 0 saturated carbocycles. The lowest BCUT2D eigenvalue weighted by atomic mass is 10.4. The summed E-state index contributed by atoms with van der Waals surface area (Å²) in [5.74, 6) is 1.59. The molecule has 0 aliphatic rings. The number of rotatable bonds is 7. The van der Waals surface area contributed by atoms with Gasteiger partial charge < -0.3 is 10.4 Å². The van der Waals surface area contributed by atoms with Crippen molar-refractivity contribution in [3.05, 3.63) is 11.4 Å². The third-order valence-corrected chi connectivity index (χ3v) is 4.25. The van der Waals surface area contributed by atoms with Gasteiger partial charge in [0.15, 0.2) is 0 Å². The molecule has 0 fully saturated rings. The van der Waals surface area contributed by atoms with Gasteiger partial charge >= 0.3 is 0 Å². The highest BCUT2D eigenvalue weighted by Crippen LogP contribution is 2.29. The first kappa shape index (κ1) is 13.6. The first-order valence-corrected chi connectivity index (χ1v) is 7.94. The van der Waals surface area contributed by atoms with E-state index in [1.165, 1.54) is 0 Å². The molecule has 0 aliphatic carbocycles. The molecule has 18 heavy (non-hydrogen) atoms. The van der Waals surface area contributed by atoms with Gasteiger partial charge in [0.1, 0.15) is 9.86 Å². The topological polar surface area (TPSA) is 58.0 Å². The maximum atomic E-state index is 8.83. The van der Waals surface area contributed by atoms with Crippen molar-refractivity contribution >= 4 is 39.3 Å². The van der Waals surface area contributed by atoms with Gasteiger partial charge in [-0.05, 0) is 24.3 Å². The van der Waals surface area contributed by atoms with Gasteiger partial charge in [-0.25, -0.2) is 9.97 Å². The van der Waals surface area contributed by atoms with E-state index in [0.29, 0.717) is 5.95 Å². The number of hydrogen-bond acceptors (Lipinski definition) is 6. The standard InChI is InChI=1S/C12H17N3OS2/c1-2-5-13-12-14-10(17-7-3-6-16)9-4-8-18-11(9)15-12/h4,8,16H,2-3,5-7H2,1H3,(H,13,14,15). The highest BCUT2D eigenvalue weighted by Gasteiger charge is 2.08. The highest BCUT2D eigenvalue weighted by atomic mass is 32.2. The maximum absolute atomic E-state index is 8.83. The molecular formula is C12H17N3OS2. The Balaban J connectivity index is 2.21. The number of thioether (sulfide) groups is 1. The van der Waals surface area contributed by atoms with Crippen LogP contribution in [0.25, 0.3) is 10.2 Å². The number of anilines is 1. The zero-order chi connectivity index (χ0) is 12.8. The number of aliphatic hydroxyl groups excluding tert-OH is 1. The molecule has 0 saturated heterocycles. The largest absolute Gasteiger partial charge is 0.396 e. The lowest BCUT2D eigenvalue weighted by molar-refractivity contribution is 0.296. The molecule has 0 aliphatic heterocycles. The average Bonchev–Trinajstić information content (AvgIpc) is 2.85. The highest BCUT2D eigenvalue weighted by molar-refractivity contribution is 7.99. The summed E-state index contributed by atoms with van der Waals surface area (Å²) < 4.78 is 0. The molecule has 2 aromatic rings. The van der Waals surface area contributed by atoms with E-state index in [1.807, 2.05) is 5.38 Å². The minimum absolute atomic E-state index is 0.228. The third kappa shape index (κ3) is 3.34. The molecule has 0 atom stereocenters. The molecule has 0 spiro atoms. The Bertz CT molecular complexity index is 501. The van der Waals surface area contributed by atoms with Crippen LogP contribution in [-0.2, 0) is 0 Å². The molecule has 6 heteroatoms. The number of hydrogen-bond donors (Lipinski definition) is 2. The van der Waals surface area contributed by atoms with E-state index in [-0.39, 0.29) is 6.61 Å². The Morgan fingerprint density at radius 3 is 3.11 bits per heavy atom. The summed E-state index contributed by atoms with van der Waals surface area (Å²) in [6, 6.07) is 2.06. The van der Waals surface area contributed by atoms with Crippen molar-refractivity contribution in [2.45, 2.75) is 24.8 Å². The van der Waals surface area contributed by atoms with E-state index in [9.17, 15) is 0 Å². The number of aromatic nitrogens is 2. The molecule has 0 aromatic carbocycles. The monoisotopic (exact) mass is 283 g/mol. The van der Waals surface area contributed by atoms with Crippen molar-refractivity contribution in [2.75, 3.05) is 24.2 Å². The van der Waals surface area contributed by atoms with E-state index in [4.69, 9.17) is 5.11 Å². The number of thiophene rings is 1. The molecule has 0 bridgehead atoms. The Kier molecular flexibility index (Phi) is 5.22. The second kappa shape index (κ2) is 6.92. The molecular weight excluding hydrogens is 266 g/mol. The second-order valence-corrected chi connectivity index (χ2v) is 5.82. The Morgan fingerprint density at radius 2 is 2.33 bits per heavy atom. The first-order chi connectivity index (χ1) is 8.85. The van der Waals surface area contributed by atoms with Crippen molar-refractivity contribution < 1.29 is 5.11 Å². The predicted octanol–water partition coefficient (Wildman–Crippen LogP) is 2.99. The molecule has 4 nitrogen and oxygen atoms in total. The molecule has 0 radical (unpaired) electrons. The van der Waals surface area contributed by atoms with Crippen LogP contribution in [-0.4, -0.2) is 34.0 Å². The maximum Gasteiger partial charge on any atom is 0.225 e. The van der Waals surface area contributed by atoms with Gasteiger partial charge in [0.05, 0.1) is 0 Å². The molecule has 2 aromatic heterocycles. The zero-order valence-corrected chi connectivity index (χ0v) is 12.0. The number of fused-ring (bicyclic) bond motifs is 1. The minimum Gasteiger partial charge on any atom is -0.396 e.